The van der Waals surface area contributed by atoms with E-state index in [1.165, 1.54) is 12.1 Å². The zero-order chi connectivity index (χ0) is 21.7. The van der Waals surface area contributed by atoms with Crippen LogP contribution in [0.3, 0.4) is 0 Å². The van der Waals surface area contributed by atoms with Crippen LogP contribution in [0.25, 0.3) is 5.57 Å². The molecular weight excluding hydrogens is 395 g/mol. The first-order valence-corrected chi connectivity index (χ1v) is 9.34. The maximum atomic E-state index is 12.7. The Morgan fingerprint density at radius 1 is 1.03 bits per heavy atom. The van der Waals surface area contributed by atoms with Gasteiger partial charge >= 0.3 is 12.1 Å². The van der Waals surface area contributed by atoms with Crippen molar-refractivity contribution in [1.82, 2.24) is 0 Å². The molecule has 0 saturated heterocycles. The lowest BCUT2D eigenvalue weighted by atomic mass is 9.98. The van der Waals surface area contributed by atoms with Gasteiger partial charge in [0.2, 0.25) is 5.88 Å². The highest BCUT2D eigenvalue weighted by molar-refractivity contribution is 5.92. The number of esters is 1. The van der Waals surface area contributed by atoms with Gasteiger partial charge in [0.15, 0.2) is 0 Å². The maximum Gasteiger partial charge on any atom is 0.416 e. The minimum absolute atomic E-state index is 0.306. The SMILES string of the molecule is CCOC(=O)c1ccc(OC2=CCC(=C(C)c3ccc(C(F)(F)F)cc3)C=N2)cc1. The van der Waals surface area contributed by atoms with Crippen molar-refractivity contribution in [3.63, 3.8) is 0 Å². The molecule has 0 fully saturated rings. The predicted octanol–water partition coefficient (Wildman–Crippen LogP) is 6.05. The Morgan fingerprint density at radius 2 is 1.67 bits per heavy atom. The zero-order valence-electron chi connectivity index (χ0n) is 16.5. The third-order valence-electron chi connectivity index (χ3n) is 4.56. The van der Waals surface area contributed by atoms with E-state index in [-0.39, 0.29) is 0 Å². The van der Waals surface area contributed by atoms with Crippen LogP contribution in [0.1, 0.15) is 41.8 Å². The predicted molar refractivity (Wildman–Crippen MR) is 108 cm³/mol. The first-order valence-electron chi connectivity index (χ1n) is 9.34. The minimum Gasteiger partial charge on any atom is -0.462 e. The number of allylic oxidation sites excluding steroid dienone is 3. The summed E-state index contributed by atoms with van der Waals surface area (Å²) in [5, 5.41) is 0. The fourth-order valence-electron chi connectivity index (χ4n) is 2.85. The summed E-state index contributed by atoms with van der Waals surface area (Å²) in [6.45, 7) is 3.89. The van der Waals surface area contributed by atoms with Gasteiger partial charge in [0.05, 0.1) is 17.7 Å². The lowest BCUT2D eigenvalue weighted by Gasteiger charge is -2.14. The molecule has 3 rings (SSSR count). The summed E-state index contributed by atoms with van der Waals surface area (Å²) in [6.07, 6.45) is -0.376. The first-order chi connectivity index (χ1) is 14.3. The van der Waals surface area contributed by atoms with Crippen molar-refractivity contribution in [3.8, 4) is 5.75 Å². The number of benzene rings is 2. The maximum absolute atomic E-state index is 12.7. The van der Waals surface area contributed by atoms with Crippen LogP contribution in [-0.4, -0.2) is 18.8 Å². The van der Waals surface area contributed by atoms with Crippen LogP contribution in [0, 0.1) is 0 Å². The fraction of sp³-hybridized carbons (Fsp3) is 0.217. The Balaban J connectivity index is 1.66. The number of rotatable bonds is 5. The van der Waals surface area contributed by atoms with Crippen molar-refractivity contribution >= 4 is 17.8 Å². The normalized spacial score (nSPS) is 15.4. The molecule has 0 unspecified atom stereocenters. The number of hydrogen-bond acceptors (Lipinski definition) is 4. The Bertz CT molecular complexity index is 1000. The third-order valence-corrected chi connectivity index (χ3v) is 4.56. The van der Waals surface area contributed by atoms with Gasteiger partial charge in [-0.1, -0.05) is 12.1 Å². The second-order valence-corrected chi connectivity index (χ2v) is 6.58. The summed E-state index contributed by atoms with van der Waals surface area (Å²) in [5.41, 5.74) is 2.20. The van der Waals surface area contributed by atoms with Crippen molar-refractivity contribution in [2.24, 2.45) is 4.99 Å². The molecule has 156 valence electrons. The van der Waals surface area contributed by atoms with Crippen molar-refractivity contribution in [1.29, 1.82) is 0 Å². The molecule has 1 aliphatic rings. The summed E-state index contributed by atoms with van der Waals surface area (Å²) in [4.78, 5) is 16.0. The van der Waals surface area contributed by atoms with Crippen molar-refractivity contribution in [2.45, 2.75) is 26.4 Å². The van der Waals surface area contributed by atoms with E-state index in [9.17, 15) is 18.0 Å². The van der Waals surface area contributed by atoms with Crippen LogP contribution < -0.4 is 4.74 Å². The van der Waals surface area contributed by atoms with Crippen molar-refractivity contribution < 1.29 is 27.4 Å². The lowest BCUT2D eigenvalue weighted by Crippen LogP contribution is -2.05. The minimum atomic E-state index is -4.35. The molecule has 0 aliphatic carbocycles. The summed E-state index contributed by atoms with van der Waals surface area (Å²) < 4.78 is 48.8. The molecular formula is C23H20F3NO3. The van der Waals surface area contributed by atoms with Gasteiger partial charge < -0.3 is 9.47 Å². The van der Waals surface area contributed by atoms with E-state index in [0.717, 1.165) is 23.3 Å². The highest BCUT2D eigenvalue weighted by atomic mass is 19.4. The number of aliphatic imine (C=N–C) groups is 1. The number of halogens is 3. The number of carbonyl (C=O) groups is 1. The van der Waals surface area contributed by atoms with Crippen LogP contribution in [0.15, 0.2) is 71.1 Å². The molecule has 0 bridgehead atoms. The summed E-state index contributed by atoms with van der Waals surface area (Å²) in [6, 6.07) is 11.6. The summed E-state index contributed by atoms with van der Waals surface area (Å²) >= 11 is 0. The molecule has 0 radical (unpaired) electrons. The van der Waals surface area contributed by atoms with Gasteiger partial charge in [0.1, 0.15) is 5.75 Å². The molecule has 30 heavy (non-hydrogen) atoms. The molecule has 1 heterocycles. The van der Waals surface area contributed by atoms with E-state index >= 15 is 0 Å². The Hall–Kier alpha value is -3.35. The lowest BCUT2D eigenvalue weighted by molar-refractivity contribution is -0.137. The average Bonchev–Trinajstić information content (AvgIpc) is 2.74. The fourth-order valence-corrected chi connectivity index (χ4v) is 2.85. The van der Waals surface area contributed by atoms with Crippen molar-refractivity contribution in [2.75, 3.05) is 6.61 Å². The van der Waals surface area contributed by atoms with Gasteiger partial charge in [0.25, 0.3) is 0 Å². The molecule has 0 atom stereocenters. The van der Waals surface area contributed by atoms with Gasteiger partial charge in [-0.05, 0) is 79.5 Å². The molecule has 0 saturated carbocycles. The number of nitrogens with zero attached hydrogens (tertiary/aromatic N) is 1. The molecule has 0 aromatic heterocycles. The second-order valence-electron chi connectivity index (χ2n) is 6.58. The highest BCUT2D eigenvalue weighted by Gasteiger charge is 2.30. The summed E-state index contributed by atoms with van der Waals surface area (Å²) in [7, 11) is 0. The Labute approximate surface area is 172 Å². The van der Waals surface area contributed by atoms with Gasteiger partial charge in [0, 0.05) is 6.21 Å². The van der Waals surface area contributed by atoms with Crippen molar-refractivity contribution in [3.05, 3.63) is 82.8 Å². The largest absolute Gasteiger partial charge is 0.462 e. The van der Waals surface area contributed by atoms with E-state index < -0.39 is 17.7 Å². The van der Waals surface area contributed by atoms with E-state index in [1.807, 2.05) is 6.92 Å². The molecule has 7 heteroatoms. The monoisotopic (exact) mass is 415 g/mol. The van der Waals surface area contributed by atoms with Crippen LogP contribution in [0.5, 0.6) is 5.75 Å². The van der Waals surface area contributed by atoms with E-state index in [1.54, 1.807) is 43.5 Å². The first kappa shape index (κ1) is 21.4. The van der Waals surface area contributed by atoms with Crippen LogP contribution in [0.2, 0.25) is 0 Å². The smallest absolute Gasteiger partial charge is 0.416 e. The molecule has 2 aromatic rings. The number of ether oxygens (including phenoxy) is 2. The van der Waals surface area contributed by atoms with E-state index in [4.69, 9.17) is 9.47 Å². The van der Waals surface area contributed by atoms with Gasteiger partial charge in [-0.15, -0.1) is 0 Å². The number of carbonyl (C=O) groups excluding carboxylic acids is 1. The Kier molecular flexibility index (Phi) is 6.40. The van der Waals surface area contributed by atoms with E-state index in [0.29, 0.717) is 35.8 Å². The molecule has 0 spiro atoms. The van der Waals surface area contributed by atoms with Crippen LogP contribution in [0.4, 0.5) is 13.2 Å². The highest BCUT2D eigenvalue weighted by Crippen LogP contribution is 2.31. The standard InChI is InChI=1S/C23H20F3NO3/c1-3-29-22(28)17-6-11-20(12-7-17)30-21-13-8-18(14-27-21)15(2)16-4-9-19(10-5-16)23(24,25)26/h4-7,9-14H,3,8H2,1-2H3. The van der Waals surface area contributed by atoms with Crippen LogP contribution >= 0.6 is 0 Å². The number of hydrogen-bond donors (Lipinski definition) is 0. The molecule has 0 N–H and O–H groups in total. The second kappa shape index (κ2) is 8.98. The third kappa shape index (κ3) is 5.17. The number of alkyl halides is 3. The molecule has 4 nitrogen and oxygen atoms in total. The quantitative estimate of drug-likeness (QED) is 0.559. The van der Waals surface area contributed by atoms with Gasteiger partial charge in [-0.3, -0.25) is 0 Å². The van der Waals surface area contributed by atoms with E-state index in [2.05, 4.69) is 4.99 Å². The molecule has 0 amide bonds. The van der Waals surface area contributed by atoms with Gasteiger partial charge in [-0.2, -0.15) is 13.2 Å². The average molecular weight is 415 g/mol. The topological polar surface area (TPSA) is 47.9 Å². The molecule has 2 aromatic carbocycles. The Morgan fingerprint density at radius 3 is 2.20 bits per heavy atom. The van der Waals surface area contributed by atoms with Gasteiger partial charge in [-0.25, -0.2) is 9.79 Å². The molecule has 1 aliphatic heterocycles. The zero-order valence-corrected chi connectivity index (χ0v) is 16.5. The van der Waals surface area contributed by atoms with Crippen LogP contribution in [-0.2, 0) is 10.9 Å². The summed E-state index contributed by atoms with van der Waals surface area (Å²) in [5.74, 6) is 0.536.